The number of aromatic nitrogens is 1. The van der Waals surface area contributed by atoms with Crippen molar-refractivity contribution in [2.75, 3.05) is 5.32 Å². The summed E-state index contributed by atoms with van der Waals surface area (Å²) in [6, 6.07) is 11.1. The van der Waals surface area contributed by atoms with Crippen molar-refractivity contribution < 1.29 is 9.59 Å². The lowest BCUT2D eigenvalue weighted by molar-refractivity contribution is -0.119. The van der Waals surface area contributed by atoms with E-state index in [9.17, 15) is 9.59 Å². The molecular formula is C24H24ClN3O2. The fourth-order valence-corrected chi connectivity index (χ4v) is 4.49. The van der Waals surface area contributed by atoms with E-state index in [1.165, 1.54) is 0 Å². The van der Waals surface area contributed by atoms with Crippen LogP contribution in [0.2, 0.25) is 5.02 Å². The molecule has 2 heterocycles. The number of amides is 1. The second-order valence-corrected chi connectivity index (χ2v) is 8.70. The summed E-state index contributed by atoms with van der Waals surface area (Å²) in [7, 11) is 0. The number of aryl methyl sites for hydroxylation is 1. The van der Waals surface area contributed by atoms with Crippen molar-refractivity contribution >= 4 is 34.8 Å². The SMILES string of the molecule is CC1=NC2=C(C(=O)C[C@H](C)C2)[C@@H](c2ccc(Cl)cc2)C1C(=O)Nc1ccc(C)cn1. The van der Waals surface area contributed by atoms with Crippen molar-refractivity contribution in [2.45, 2.75) is 39.5 Å². The number of rotatable bonds is 3. The molecule has 1 amide bonds. The van der Waals surface area contributed by atoms with Crippen molar-refractivity contribution in [3.05, 3.63) is 70.0 Å². The molecule has 4 rings (SSSR count). The number of anilines is 1. The van der Waals surface area contributed by atoms with Crippen LogP contribution in [0.3, 0.4) is 0 Å². The average molecular weight is 422 g/mol. The predicted octanol–water partition coefficient (Wildman–Crippen LogP) is 5.11. The molecule has 0 radical (unpaired) electrons. The smallest absolute Gasteiger partial charge is 0.235 e. The Hall–Kier alpha value is -2.79. The molecule has 6 heteroatoms. The molecule has 1 N–H and O–H groups in total. The molecule has 1 aromatic carbocycles. The molecule has 30 heavy (non-hydrogen) atoms. The van der Waals surface area contributed by atoms with Crippen LogP contribution in [0.1, 0.15) is 43.7 Å². The lowest BCUT2D eigenvalue weighted by Crippen LogP contribution is -2.39. The zero-order valence-corrected chi connectivity index (χ0v) is 18.0. The van der Waals surface area contributed by atoms with Crippen molar-refractivity contribution in [1.82, 2.24) is 4.98 Å². The molecule has 2 aliphatic rings. The van der Waals surface area contributed by atoms with E-state index in [0.29, 0.717) is 28.5 Å². The van der Waals surface area contributed by atoms with Crippen LogP contribution in [0.25, 0.3) is 0 Å². The number of halogens is 1. The lowest BCUT2D eigenvalue weighted by atomic mass is 9.70. The summed E-state index contributed by atoms with van der Waals surface area (Å²) in [5, 5.41) is 3.52. The summed E-state index contributed by atoms with van der Waals surface area (Å²) in [6.45, 7) is 5.87. The molecule has 0 saturated heterocycles. The first-order valence-corrected chi connectivity index (χ1v) is 10.5. The minimum absolute atomic E-state index is 0.0752. The van der Waals surface area contributed by atoms with Gasteiger partial charge in [-0.15, -0.1) is 0 Å². The molecule has 0 bridgehead atoms. The standard InChI is InChI=1S/C24H24ClN3O2/c1-13-4-9-20(26-12-13)28-24(30)21-15(3)27-18-10-14(2)11-19(29)23(18)22(21)16-5-7-17(25)8-6-16/h4-9,12,14,21-22H,10-11H2,1-3H3,(H,26,28,30)/t14-,21?,22+/m1/s1. The van der Waals surface area contributed by atoms with Gasteiger partial charge < -0.3 is 5.32 Å². The summed E-state index contributed by atoms with van der Waals surface area (Å²) in [4.78, 5) is 35.4. The number of Topliss-reactive ketones (excluding diaryl/α,β-unsaturated/α-hetero) is 1. The number of aliphatic imine (C=N–C) groups is 1. The third kappa shape index (κ3) is 3.94. The number of carbonyl (C=O) groups is 2. The van der Waals surface area contributed by atoms with Gasteiger partial charge in [-0.05, 0) is 55.5 Å². The maximum atomic E-state index is 13.4. The van der Waals surface area contributed by atoms with Crippen LogP contribution in [-0.2, 0) is 9.59 Å². The quantitative estimate of drug-likeness (QED) is 0.748. The highest BCUT2D eigenvalue weighted by Crippen LogP contribution is 2.44. The van der Waals surface area contributed by atoms with Gasteiger partial charge in [0, 0.05) is 40.5 Å². The molecule has 5 nitrogen and oxygen atoms in total. The Morgan fingerprint density at radius 2 is 1.83 bits per heavy atom. The van der Waals surface area contributed by atoms with E-state index in [2.05, 4.69) is 17.2 Å². The fourth-order valence-electron chi connectivity index (χ4n) is 4.36. The molecule has 0 spiro atoms. The van der Waals surface area contributed by atoms with Crippen molar-refractivity contribution in [2.24, 2.45) is 16.8 Å². The summed E-state index contributed by atoms with van der Waals surface area (Å²) >= 11 is 6.09. The zero-order valence-electron chi connectivity index (χ0n) is 17.3. The van der Waals surface area contributed by atoms with E-state index < -0.39 is 5.92 Å². The molecule has 0 saturated carbocycles. The van der Waals surface area contributed by atoms with Crippen LogP contribution in [0, 0.1) is 18.8 Å². The van der Waals surface area contributed by atoms with Crippen LogP contribution >= 0.6 is 11.6 Å². The highest BCUT2D eigenvalue weighted by Gasteiger charge is 2.43. The van der Waals surface area contributed by atoms with E-state index in [1.54, 1.807) is 24.4 Å². The third-order valence-electron chi connectivity index (χ3n) is 5.77. The van der Waals surface area contributed by atoms with E-state index in [1.807, 2.05) is 32.0 Å². The normalized spacial score (nSPS) is 23.7. The van der Waals surface area contributed by atoms with Crippen molar-refractivity contribution in [1.29, 1.82) is 0 Å². The first-order valence-electron chi connectivity index (χ1n) is 10.1. The maximum absolute atomic E-state index is 13.4. The Morgan fingerprint density at radius 1 is 1.10 bits per heavy atom. The number of pyridine rings is 1. The second-order valence-electron chi connectivity index (χ2n) is 8.27. The Morgan fingerprint density at radius 3 is 2.50 bits per heavy atom. The molecule has 1 aliphatic heterocycles. The van der Waals surface area contributed by atoms with Crippen molar-refractivity contribution in [3.8, 4) is 0 Å². The number of nitrogens with zero attached hydrogens (tertiary/aromatic N) is 2. The number of allylic oxidation sites excluding steroid dienone is 2. The van der Waals surface area contributed by atoms with Gasteiger partial charge in [-0.25, -0.2) is 4.98 Å². The van der Waals surface area contributed by atoms with Gasteiger partial charge in [0.2, 0.25) is 5.91 Å². The lowest BCUT2D eigenvalue weighted by Gasteiger charge is -2.36. The Kier molecular flexibility index (Phi) is 5.56. The monoisotopic (exact) mass is 421 g/mol. The first-order chi connectivity index (χ1) is 14.3. The zero-order chi connectivity index (χ0) is 21.4. The van der Waals surface area contributed by atoms with Crippen LogP contribution in [0.5, 0.6) is 0 Å². The number of hydrogen-bond acceptors (Lipinski definition) is 4. The van der Waals surface area contributed by atoms with Gasteiger partial charge in [0.1, 0.15) is 5.82 Å². The minimum atomic E-state index is -0.592. The van der Waals surface area contributed by atoms with Crippen LogP contribution in [0.4, 0.5) is 5.82 Å². The highest BCUT2D eigenvalue weighted by molar-refractivity contribution is 6.30. The first kappa shape index (κ1) is 20.5. The number of benzene rings is 1. The number of ketones is 1. The minimum Gasteiger partial charge on any atom is -0.310 e. The van der Waals surface area contributed by atoms with Crippen LogP contribution in [-0.4, -0.2) is 22.4 Å². The summed E-state index contributed by atoms with van der Waals surface area (Å²) in [5.74, 6) is -0.389. The van der Waals surface area contributed by atoms with Gasteiger partial charge in [-0.3, -0.25) is 14.6 Å². The van der Waals surface area contributed by atoms with E-state index in [4.69, 9.17) is 16.6 Å². The van der Waals surface area contributed by atoms with Gasteiger partial charge in [0.25, 0.3) is 0 Å². The molecule has 1 aliphatic carbocycles. The van der Waals surface area contributed by atoms with E-state index in [-0.39, 0.29) is 23.5 Å². The Bertz CT molecular complexity index is 1050. The summed E-state index contributed by atoms with van der Waals surface area (Å²) in [5.41, 5.74) is 4.09. The molecular weight excluding hydrogens is 398 g/mol. The number of hydrogen-bond donors (Lipinski definition) is 1. The fraction of sp³-hybridized carbons (Fsp3) is 0.333. The topological polar surface area (TPSA) is 71.4 Å². The van der Waals surface area contributed by atoms with Gasteiger partial charge >= 0.3 is 0 Å². The Labute approximate surface area is 181 Å². The second kappa shape index (κ2) is 8.15. The molecule has 1 aromatic heterocycles. The van der Waals surface area contributed by atoms with Gasteiger partial charge in [0.05, 0.1) is 5.92 Å². The van der Waals surface area contributed by atoms with Gasteiger partial charge in [-0.1, -0.05) is 36.7 Å². The van der Waals surface area contributed by atoms with E-state index in [0.717, 1.165) is 23.2 Å². The third-order valence-corrected chi connectivity index (χ3v) is 6.02. The molecule has 2 aromatic rings. The van der Waals surface area contributed by atoms with Crippen LogP contribution in [0.15, 0.2) is 58.9 Å². The average Bonchev–Trinajstić information content (AvgIpc) is 2.69. The molecule has 154 valence electrons. The van der Waals surface area contributed by atoms with Gasteiger partial charge in [-0.2, -0.15) is 0 Å². The van der Waals surface area contributed by atoms with E-state index >= 15 is 0 Å². The molecule has 3 atom stereocenters. The summed E-state index contributed by atoms with van der Waals surface area (Å²) < 4.78 is 0. The number of carbonyl (C=O) groups excluding carboxylic acids is 2. The predicted molar refractivity (Wildman–Crippen MR) is 119 cm³/mol. The Balaban J connectivity index is 1.77. The largest absolute Gasteiger partial charge is 0.310 e. The van der Waals surface area contributed by atoms with Crippen molar-refractivity contribution in [3.63, 3.8) is 0 Å². The highest BCUT2D eigenvalue weighted by atomic mass is 35.5. The number of nitrogens with one attached hydrogen (secondary N) is 1. The molecule has 0 fully saturated rings. The maximum Gasteiger partial charge on any atom is 0.235 e. The van der Waals surface area contributed by atoms with Crippen LogP contribution < -0.4 is 5.32 Å². The molecule has 1 unspecified atom stereocenters. The summed E-state index contributed by atoms with van der Waals surface area (Å²) in [6.07, 6.45) is 2.93. The van der Waals surface area contributed by atoms with Gasteiger partial charge in [0.15, 0.2) is 5.78 Å².